The second-order valence-corrected chi connectivity index (χ2v) is 6.72. The topological polar surface area (TPSA) is 75.9 Å². The minimum atomic E-state index is -0.943. The molecule has 1 saturated heterocycles. The number of halogens is 2. The molecule has 1 aliphatic heterocycles. The van der Waals surface area contributed by atoms with Gasteiger partial charge in [-0.3, -0.25) is 0 Å². The molecule has 128 valence electrons. The summed E-state index contributed by atoms with van der Waals surface area (Å²) in [5.41, 5.74) is 1.18. The predicted octanol–water partition coefficient (Wildman–Crippen LogP) is 3.15. The summed E-state index contributed by atoms with van der Waals surface area (Å²) in [6.07, 6.45) is 4.52. The van der Waals surface area contributed by atoms with Crippen LogP contribution in [0.2, 0.25) is 0 Å². The van der Waals surface area contributed by atoms with Crippen LogP contribution in [-0.2, 0) is 0 Å². The standard InChI is InChI=1S/C16H14BrFN6O/c17-11-5-10-8-24(22-15(10)20-7-11)14-6-13(1-3-19-14)21-16(25)23-4-2-12(18)9-23/h1,3,5-8,12H,2,4,9H2,(H,19,21,25). The van der Waals surface area contributed by atoms with Crippen LogP contribution >= 0.6 is 15.9 Å². The Morgan fingerprint density at radius 2 is 2.24 bits per heavy atom. The number of pyridine rings is 2. The lowest BCUT2D eigenvalue weighted by molar-refractivity contribution is 0.218. The van der Waals surface area contributed by atoms with Gasteiger partial charge in [-0.1, -0.05) is 0 Å². The van der Waals surface area contributed by atoms with Crippen molar-refractivity contribution in [1.29, 1.82) is 0 Å². The van der Waals surface area contributed by atoms with Gasteiger partial charge in [0.15, 0.2) is 11.5 Å². The maximum absolute atomic E-state index is 13.2. The molecular weight excluding hydrogens is 391 g/mol. The summed E-state index contributed by atoms with van der Waals surface area (Å²) in [7, 11) is 0. The smallest absolute Gasteiger partial charge is 0.321 e. The van der Waals surface area contributed by atoms with Crippen LogP contribution in [0.4, 0.5) is 14.9 Å². The van der Waals surface area contributed by atoms with Crippen molar-refractivity contribution in [1.82, 2.24) is 24.6 Å². The minimum absolute atomic E-state index is 0.134. The molecule has 1 fully saturated rings. The molecule has 9 heteroatoms. The number of aromatic nitrogens is 4. The number of likely N-dealkylation sites (tertiary alicyclic amines) is 1. The molecule has 4 rings (SSSR count). The monoisotopic (exact) mass is 404 g/mol. The van der Waals surface area contributed by atoms with Gasteiger partial charge in [-0.2, -0.15) is 0 Å². The lowest BCUT2D eigenvalue weighted by Crippen LogP contribution is -2.33. The van der Waals surface area contributed by atoms with Crippen molar-refractivity contribution in [3.63, 3.8) is 0 Å². The summed E-state index contributed by atoms with van der Waals surface area (Å²) in [4.78, 5) is 22.2. The highest BCUT2D eigenvalue weighted by Crippen LogP contribution is 2.19. The summed E-state index contributed by atoms with van der Waals surface area (Å²) in [6, 6.07) is 5.00. The molecular formula is C16H14BrFN6O. The maximum atomic E-state index is 13.2. The van der Waals surface area contributed by atoms with Crippen LogP contribution in [0.5, 0.6) is 0 Å². The molecule has 4 heterocycles. The molecule has 2 amide bonds. The Morgan fingerprint density at radius 3 is 3.04 bits per heavy atom. The second kappa shape index (κ2) is 6.40. The summed E-state index contributed by atoms with van der Waals surface area (Å²) in [6.45, 7) is 0.560. The number of carbonyl (C=O) groups is 1. The van der Waals surface area contributed by atoms with Gasteiger partial charge in [0, 0.05) is 46.7 Å². The SMILES string of the molecule is O=C(Nc1ccnc(-n2cc3cc(Br)cnc3n2)c1)N1CCC(F)C1. The van der Waals surface area contributed by atoms with Crippen molar-refractivity contribution in [2.45, 2.75) is 12.6 Å². The average Bonchev–Trinajstić information content (AvgIpc) is 3.21. The first kappa shape index (κ1) is 15.9. The first-order chi connectivity index (χ1) is 12.1. The summed E-state index contributed by atoms with van der Waals surface area (Å²) in [5.74, 6) is 0.553. The van der Waals surface area contributed by atoms with Gasteiger partial charge >= 0.3 is 6.03 Å². The number of hydrogen-bond acceptors (Lipinski definition) is 4. The zero-order chi connectivity index (χ0) is 17.4. The summed E-state index contributed by atoms with van der Waals surface area (Å²) in [5, 5.41) is 8.03. The van der Waals surface area contributed by atoms with Gasteiger partial charge in [0.05, 0.1) is 6.54 Å². The highest BCUT2D eigenvalue weighted by Gasteiger charge is 2.25. The molecule has 3 aromatic heterocycles. The zero-order valence-corrected chi connectivity index (χ0v) is 14.6. The normalized spacial score (nSPS) is 17.2. The third-order valence-electron chi connectivity index (χ3n) is 3.98. The van der Waals surface area contributed by atoms with E-state index >= 15 is 0 Å². The number of rotatable bonds is 2. The van der Waals surface area contributed by atoms with Crippen molar-refractivity contribution in [3.8, 4) is 5.82 Å². The highest BCUT2D eigenvalue weighted by atomic mass is 79.9. The van der Waals surface area contributed by atoms with Crippen LogP contribution in [-0.4, -0.2) is 49.9 Å². The number of hydrogen-bond donors (Lipinski definition) is 1. The third-order valence-corrected chi connectivity index (χ3v) is 4.41. The second-order valence-electron chi connectivity index (χ2n) is 5.80. The lowest BCUT2D eigenvalue weighted by Gasteiger charge is -2.16. The van der Waals surface area contributed by atoms with Crippen LogP contribution in [0.3, 0.4) is 0 Å². The van der Waals surface area contributed by atoms with Gasteiger partial charge < -0.3 is 10.2 Å². The van der Waals surface area contributed by atoms with Crippen LogP contribution in [0.1, 0.15) is 6.42 Å². The third kappa shape index (κ3) is 3.32. The van der Waals surface area contributed by atoms with E-state index in [0.717, 1.165) is 9.86 Å². The molecule has 1 atom stereocenters. The van der Waals surface area contributed by atoms with Gasteiger partial charge in [-0.25, -0.2) is 23.8 Å². The Kier molecular flexibility index (Phi) is 4.08. The number of fused-ring (bicyclic) bond motifs is 1. The quantitative estimate of drug-likeness (QED) is 0.711. The Balaban J connectivity index is 1.57. The largest absolute Gasteiger partial charge is 0.322 e. The van der Waals surface area contributed by atoms with Crippen LogP contribution in [0, 0.1) is 0 Å². The number of nitrogens with zero attached hydrogens (tertiary/aromatic N) is 5. The Hall–Kier alpha value is -2.55. The fourth-order valence-electron chi connectivity index (χ4n) is 2.73. The molecule has 7 nitrogen and oxygen atoms in total. The van der Waals surface area contributed by atoms with E-state index in [0.29, 0.717) is 30.1 Å². The van der Waals surface area contributed by atoms with Crippen molar-refractivity contribution in [3.05, 3.63) is 41.3 Å². The minimum Gasteiger partial charge on any atom is -0.322 e. The van der Waals surface area contributed by atoms with Crippen LogP contribution in [0.25, 0.3) is 16.9 Å². The van der Waals surface area contributed by atoms with E-state index in [1.807, 2.05) is 12.3 Å². The fraction of sp³-hybridized carbons (Fsp3) is 0.250. The molecule has 0 spiro atoms. The van der Waals surface area contributed by atoms with E-state index in [-0.39, 0.29) is 12.6 Å². The summed E-state index contributed by atoms with van der Waals surface area (Å²) >= 11 is 3.38. The van der Waals surface area contributed by atoms with Crippen molar-refractivity contribution in [2.75, 3.05) is 18.4 Å². The van der Waals surface area contributed by atoms with Crippen LogP contribution < -0.4 is 5.32 Å². The molecule has 3 aromatic rings. The number of nitrogens with one attached hydrogen (secondary N) is 1. The van der Waals surface area contributed by atoms with E-state index in [2.05, 4.69) is 36.3 Å². The van der Waals surface area contributed by atoms with Crippen molar-refractivity contribution in [2.24, 2.45) is 0 Å². The zero-order valence-electron chi connectivity index (χ0n) is 13.1. The van der Waals surface area contributed by atoms with E-state index in [1.165, 1.54) is 4.90 Å². The summed E-state index contributed by atoms with van der Waals surface area (Å²) < 4.78 is 15.7. The van der Waals surface area contributed by atoms with Gasteiger partial charge in [-0.15, -0.1) is 5.10 Å². The first-order valence-electron chi connectivity index (χ1n) is 7.76. The Bertz CT molecular complexity index is 945. The molecule has 25 heavy (non-hydrogen) atoms. The number of amides is 2. The molecule has 1 N–H and O–H groups in total. The van der Waals surface area contributed by atoms with Gasteiger partial charge in [0.1, 0.15) is 6.17 Å². The van der Waals surface area contributed by atoms with E-state index in [9.17, 15) is 9.18 Å². The Labute approximate surface area is 151 Å². The van der Waals surface area contributed by atoms with Crippen molar-refractivity contribution < 1.29 is 9.18 Å². The molecule has 0 radical (unpaired) electrons. The number of urea groups is 1. The molecule has 0 bridgehead atoms. The first-order valence-corrected chi connectivity index (χ1v) is 8.55. The highest BCUT2D eigenvalue weighted by molar-refractivity contribution is 9.10. The number of alkyl halides is 1. The fourth-order valence-corrected chi connectivity index (χ4v) is 3.08. The van der Waals surface area contributed by atoms with Gasteiger partial charge in [0.25, 0.3) is 0 Å². The van der Waals surface area contributed by atoms with E-state index in [4.69, 9.17) is 0 Å². The van der Waals surface area contributed by atoms with Crippen LogP contribution in [0.15, 0.2) is 41.3 Å². The average molecular weight is 405 g/mol. The molecule has 0 saturated carbocycles. The molecule has 0 aliphatic carbocycles. The molecule has 0 aromatic carbocycles. The Morgan fingerprint density at radius 1 is 1.36 bits per heavy atom. The molecule has 1 aliphatic rings. The van der Waals surface area contributed by atoms with E-state index in [1.54, 1.807) is 29.2 Å². The molecule has 1 unspecified atom stereocenters. The van der Waals surface area contributed by atoms with Gasteiger partial charge in [-0.05, 0) is 34.5 Å². The maximum Gasteiger partial charge on any atom is 0.321 e. The van der Waals surface area contributed by atoms with E-state index < -0.39 is 6.17 Å². The lowest BCUT2D eigenvalue weighted by atomic mass is 10.3. The number of carbonyl (C=O) groups excluding carboxylic acids is 1. The van der Waals surface area contributed by atoms with Crippen molar-refractivity contribution >= 4 is 38.7 Å². The van der Waals surface area contributed by atoms with Gasteiger partial charge in [0.2, 0.25) is 0 Å². The number of anilines is 1. The predicted molar refractivity (Wildman–Crippen MR) is 94.5 cm³/mol.